The maximum atomic E-state index is 13.3. The molecule has 1 unspecified atom stereocenters. The van der Waals surface area contributed by atoms with Gasteiger partial charge in [-0.15, -0.1) is 0 Å². The highest BCUT2D eigenvalue weighted by Crippen LogP contribution is 2.35. The molecule has 0 aromatic carbocycles. The number of thiazole rings is 1. The lowest BCUT2D eigenvalue weighted by Crippen LogP contribution is -2.28. The van der Waals surface area contributed by atoms with E-state index < -0.39 is 5.95 Å². The average molecular weight is 417 g/mol. The van der Waals surface area contributed by atoms with Crippen LogP contribution in [0.5, 0.6) is 5.88 Å². The zero-order valence-corrected chi connectivity index (χ0v) is 16.6. The van der Waals surface area contributed by atoms with Gasteiger partial charge in [0.25, 0.3) is 0 Å². The van der Waals surface area contributed by atoms with E-state index in [9.17, 15) is 9.18 Å². The number of urea groups is 1. The van der Waals surface area contributed by atoms with E-state index in [2.05, 4.69) is 25.6 Å². The van der Waals surface area contributed by atoms with Crippen molar-refractivity contribution in [1.82, 2.24) is 20.3 Å². The Morgan fingerprint density at radius 3 is 3.03 bits per heavy atom. The number of nitrogens with zero attached hydrogens (tertiary/aromatic N) is 3. The van der Waals surface area contributed by atoms with Crippen LogP contribution in [0.3, 0.4) is 0 Å². The van der Waals surface area contributed by atoms with Crippen molar-refractivity contribution in [2.45, 2.75) is 13.3 Å². The molecular weight excluding hydrogens is 397 g/mol. The Morgan fingerprint density at radius 2 is 2.31 bits per heavy atom. The van der Waals surface area contributed by atoms with Crippen molar-refractivity contribution in [2.24, 2.45) is 5.92 Å². The SMILES string of the molecule is CCNC(=O)Nc1nc2cc(-c3ccc(F)nc3)c(OCC3CCOC3)nc2s1. The maximum Gasteiger partial charge on any atom is 0.321 e. The van der Waals surface area contributed by atoms with E-state index in [4.69, 9.17) is 9.47 Å². The molecule has 1 atom stereocenters. The van der Waals surface area contributed by atoms with Crippen molar-refractivity contribution in [2.75, 3.05) is 31.7 Å². The summed E-state index contributed by atoms with van der Waals surface area (Å²) in [7, 11) is 0. The van der Waals surface area contributed by atoms with Crippen molar-refractivity contribution in [1.29, 1.82) is 0 Å². The van der Waals surface area contributed by atoms with Gasteiger partial charge in [-0.05, 0) is 31.5 Å². The van der Waals surface area contributed by atoms with Gasteiger partial charge < -0.3 is 14.8 Å². The first-order chi connectivity index (χ1) is 14.1. The number of carbonyl (C=O) groups excluding carboxylic acids is 1. The zero-order valence-electron chi connectivity index (χ0n) is 15.8. The fourth-order valence-electron chi connectivity index (χ4n) is 2.97. The zero-order chi connectivity index (χ0) is 20.2. The number of anilines is 1. The number of carbonyl (C=O) groups is 1. The Hall–Kier alpha value is -2.85. The van der Waals surface area contributed by atoms with Crippen molar-refractivity contribution < 1.29 is 18.7 Å². The number of ether oxygens (including phenoxy) is 2. The Kier molecular flexibility index (Phi) is 5.81. The van der Waals surface area contributed by atoms with E-state index >= 15 is 0 Å². The highest BCUT2D eigenvalue weighted by Gasteiger charge is 2.20. The van der Waals surface area contributed by atoms with Crippen LogP contribution in [0.25, 0.3) is 21.5 Å². The summed E-state index contributed by atoms with van der Waals surface area (Å²) in [6.45, 7) is 4.22. The fourth-order valence-corrected chi connectivity index (χ4v) is 3.78. The molecule has 1 aliphatic heterocycles. The van der Waals surface area contributed by atoms with Crippen LogP contribution in [0, 0.1) is 11.9 Å². The van der Waals surface area contributed by atoms with Gasteiger partial charge >= 0.3 is 6.03 Å². The normalized spacial score (nSPS) is 16.1. The van der Waals surface area contributed by atoms with Crippen LogP contribution in [0.15, 0.2) is 24.4 Å². The lowest BCUT2D eigenvalue weighted by Gasteiger charge is -2.13. The molecule has 2 amide bonds. The maximum absolute atomic E-state index is 13.3. The summed E-state index contributed by atoms with van der Waals surface area (Å²) in [6.07, 6.45) is 2.38. The van der Waals surface area contributed by atoms with E-state index in [1.165, 1.54) is 23.6 Å². The summed E-state index contributed by atoms with van der Waals surface area (Å²) in [5.41, 5.74) is 1.95. The Morgan fingerprint density at radius 1 is 1.41 bits per heavy atom. The predicted molar refractivity (Wildman–Crippen MR) is 108 cm³/mol. The second-order valence-corrected chi connectivity index (χ2v) is 7.56. The Bertz CT molecular complexity index is 1000. The first-order valence-corrected chi connectivity index (χ1v) is 10.1. The number of hydrogen-bond donors (Lipinski definition) is 2. The van der Waals surface area contributed by atoms with Crippen LogP contribution in [0.1, 0.15) is 13.3 Å². The highest BCUT2D eigenvalue weighted by atomic mass is 32.1. The minimum absolute atomic E-state index is 0.308. The molecule has 3 aromatic heterocycles. The second-order valence-electron chi connectivity index (χ2n) is 6.58. The molecule has 2 N–H and O–H groups in total. The van der Waals surface area contributed by atoms with Gasteiger partial charge in [-0.2, -0.15) is 4.39 Å². The summed E-state index contributed by atoms with van der Waals surface area (Å²) in [4.78, 5) is 25.2. The van der Waals surface area contributed by atoms with Gasteiger partial charge in [0, 0.05) is 36.4 Å². The largest absolute Gasteiger partial charge is 0.477 e. The summed E-state index contributed by atoms with van der Waals surface area (Å²) in [6, 6.07) is 4.40. The van der Waals surface area contributed by atoms with Gasteiger partial charge in [0.2, 0.25) is 11.8 Å². The standard InChI is InChI=1S/C19H20FN5O3S/c1-2-21-18(26)25-19-23-14-7-13(12-3-4-15(20)22-8-12)16(24-17(14)29-19)28-10-11-5-6-27-9-11/h3-4,7-8,11H,2,5-6,9-10H2,1H3,(H2,21,23,25,26). The highest BCUT2D eigenvalue weighted by molar-refractivity contribution is 7.22. The van der Waals surface area contributed by atoms with Crippen molar-refractivity contribution in [3.8, 4) is 17.0 Å². The van der Waals surface area contributed by atoms with Crippen LogP contribution < -0.4 is 15.4 Å². The summed E-state index contributed by atoms with van der Waals surface area (Å²) in [5.74, 6) is 0.171. The smallest absolute Gasteiger partial charge is 0.321 e. The van der Waals surface area contributed by atoms with Crippen LogP contribution in [0.4, 0.5) is 14.3 Å². The van der Waals surface area contributed by atoms with E-state index in [1.54, 1.807) is 6.07 Å². The number of pyridine rings is 2. The molecule has 152 valence electrons. The number of aromatic nitrogens is 3. The first-order valence-electron chi connectivity index (χ1n) is 9.31. The molecule has 0 aliphatic carbocycles. The average Bonchev–Trinajstić information content (AvgIpc) is 3.35. The molecule has 0 radical (unpaired) electrons. The van der Waals surface area contributed by atoms with Crippen LogP contribution in [-0.4, -0.2) is 47.3 Å². The van der Waals surface area contributed by atoms with Gasteiger partial charge in [-0.3, -0.25) is 5.32 Å². The Labute approximate surface area is 170 Å². The molecule has 0 spiro atoms. The summed E-state index contributed by atoms with van der Waals surface area (Å²) in [5, 5.41) is 5.79. The summed E-state index contributed by atoms with van der Waals surface area (Å²) < 4.78 is 24.7. The topological polar surface area (TPSA) is 98.3 Å². The van der Waals surface area contributed by atoms with E-state index in [0.29, 0.717) is 58.2 Å². The Balaban J connectivity index is 1.67. The number of nitrogens with one attached hydrogen (secondary N) is 2. The lowest BCUT2D eigenvalue weighted by atomic mass is 10.1. The molecular formula is C19H20FN5O3S. The minimum atomic E-state index is -0.560. The molecule has 29 heavy (non-hydrogen) atoms. The second kappa shape index (κ2) is 8.66. The van der Waals surface area contributed by atoms with Crippen molar-refractivity contribution in [3.05, 3.63) is 30.3 Å². The van der Waals surface area contributed by atoms with Gasteiger partial charge in [0.15, 0.2) is 5.13 Å². The third kappa shape index (κ3) is 4.60. The number of fused-ring (bicyclic) bond motifs is 1. The number of hydrogen-bond acceptors (Lipinski definition) is 7. The molecule has 3 aromatic rings. The van der Waals surface area contributed by atoms with E-state index in [-0.39, 0.29) is 6.03 Å². The fraction of sp³-hybridized carbons (Fsp3) is 0.368. The van der Waals surface area contributed by atoms with Gasteiger partial charge in [0.05, 0.1) is 13.2 Å². The minimum Gasteiger partial charge on any atom is -0.477 e. The number of halogens is 1. The van der Waals surface area contributed by atoms with Gasteiger partial charge in [0.1, 0.15) is 10.3 Å². The van der Waals surface area contributed by atoms with Gasteiger partial charge in [-0.1, -0.05) is 11.3 Å². The monoisotopic (exact) mass is 417 g/mol. The molecule has 1 aliphatic rings. The molecule has 0 saturated carbocycles. The molecule has 4 heterocycles. The molecule has 1 saturated heterocycles. The molecule has 4 rings (SSSR count). The van der Waals surface area contributed by atoms with Crippen LogP contribution in [0.2, 0.25) is 0 Å². The van der Waals surface area contributed by atoms with E-state index in [1.807, 2.05) is 13.0 Å². The molecule has 0 bridgehead atoms. The lowest BCUT2D eigenvalue weighted by molar-refractivity contribution is 0.166. The van der Waals surface area contributed by atoms with Crippen LogP contribution >= 0.6 is 11.3 Å². The third-order valence-corrected chi connectivity index (χ3v) is 5.31. The molecule has 8 nitrogen and oxygen atoms in total. The van der Waals surface area contributed by atoms with Crippen molar-refractivity contribution in [3.63, 3.8) is 0 Å². The van der Waals surface area contributed by atoms with Crippen molar-refractivity contribution >= 4 is 32.8 Å². The number of amides is 2. The first kappa shape index (κ1) is 19.5. The predicted octanol–water partition coefficient (Wildman–Crippen LogP) is 3.45. The molecule has 1 fully saturated rings. The van der Waals surface area contributed by atoms with Crippen LogP contribution in [-0.2, 0) is 4.74 Å². The number of rotatable bonds is 6. The van der Waals surface area contributed by atoms with E-state index in [0.717, 1.165) is 13.0 Å². The summed E-state index contributed by atoms with van der Waals surface area (Å²) >= 11 is 1.26. The van der Waals surface area contributed by atoms with Gasteiger partial charge in [-0.25, -0.2) is 19.7 Å². The quantitative estimate of drug-likeness (QED) is 0.596. The third-order valence-electron chi connectivity index (χ3n) is 4.42. The molecule has 10 heteroatoms.